The summed E-state index contributed by atoms with van der Waals surface area (Å²) in [5.41, 5.74) is 0.671. The second-order valence-electron chi connectivity index (χ2n) is 3.93. The van der Waals surface area contributed by atoms with Crippen LogP contribution in [0, 0.1) is 5.82 Å². The second kappa shape index (κ2) is 6.44. The number of benzene rings is 2. The molecule has 104 valence electrons. The van der Waals surface area contributed by atoms with Crippen molar-refractivity contribution in [1.82, 2.24) is 0 Å². The standard InChI is InChI=1S/C14H8Cl3FO2/c15-10-4-9(6-19)14(11(16)5-10)20-7-8-2-1-3-12(18)13(8)17/h1-6H,7H2. The van der Waals surface area contributed by atoms with Crippen molar-refractivity contribution < 1.29 is 13.9 Å². The minimum atomic E-state index is -0.536. The van der Waals surface area contributed by atoms with Gasteiger partial charge < -0.3 is 4.74 Å². The number of rotatable bonds is 4. The summed E-state index contributed by atoms with van der Waals surface area (Å²) in [7, 11) is 0. The SMILES string of the molecule is O=Cc1cc(Cl)cc(Cl)c1OCc1cccc(F)c1Cl. The van der Waals surface area contributed by atoms with Gasteiger partial charge in [-0.15, -0.1) is 0 Å². The molecule has 0 heterocycles. The molecule has 0 aliphatic carbocycles. The first kappa shape index (κ1) is 15.1. The highest BCUT2D eigenvalue weighted by Crippen LogP contribution is 2.32. The molecule has 0 saturated heterocycles. The van der Waals surface area contributed by atoms with Gasteiger partial charge in [-0.3, -0.25) is 4.79 Å². The maximum Gasteiger partial charge on any atom is 0.153 e. The average Bonchev–Trinajstić information content (AvgIpc) is 2.41. The monoisotopic (exact) mass is 332 g/mol. The van der Waals surface area contributed by atoms with Gasteiger partial charge in [0.15, 0.2) is 6.29 Å². The normalized spacial score (nSPS) is 10.4. The van der Waals surface area contributed by atoms with Crippen molar-refractivity contribution in [2.45, 2.75) is 6.61 Å². The van der Waals surface area contributed by atoms with Gasteiger partial charge in [-0.25, -0.2) is 4.39 Å². The Hall–Kier alpha value is -1.29. The van der Waals surface area contributed by atoms with Crippen LogP contribution in [0.5, 0.6) is 5.75 Å². The van der Waals surface area contributed by atoms with E-state index < -0.39 is 5.82 Å². The van der Waals surface area contributed by atoms with Crippen LogP contribution in [0.25, 0.3) is 0 Å². The third-order valence-electron chi connectivity index (χ3n) is 2.57. The zero-order valence-corrected chi connectivity index (χ0v) is 12.3. The molecule has 2 aromatic carbocycles. The van der Waals surface area contributed by atoms with Crippen LogP contribution < -0.4 is 4.74 Å². The third-order valence-corrected chi connectivity index (χ3v) is 3.49. The second-order valence-corrected chi connectivity index (χ2v) is 5.15. The molecule has 0 bridgehead atoms. The topological polar surface area (TPSA) is 26.3 Å². The molecule has 0 fully saturated rings. The molecule has 0 amide bonds. The lowest BCUT2D eigenvalue weighted by Crippen LogP contribution is -2.00. The number of carbonyl (C=O) groups is 1. The summed E-state index contributed by atoms with van der Waals surface area (Å²) >= 11 is 17.6. The zero-order chi connectivity index (χ0) is 14.7. The quantitative estimate of drug-likeness (QED) is 0.721. The fraction of sp³-hybridized carbons (Fsp3) is 0.0714. The summed E-state index contributed by atoms with van der Waals surface area (Å²) in [5.74, 6) is -0.350. The van der Waals surface area contributed by atoms with Crippen LogP contribution in [0.2, 0.25) is 15.1 Å². The lowest BCUT2D eigenvalue weighted by Gasteiger charge is -2.12. The maximum atomic E-state index is 13.3. The van der Waals surface area contributed by atoms with E-state index in [0.717, 1.165) is 0 Å². The number of aldehydes is 1. The van der Waals surface area contributed by atoms with E-state index in [-0.39, 0.29) is 28.0 Å². The van der Waals surface area contributed by atoms with Crippen LogP contribution in [0.1, 0.15) is 15.9 Å². The Labute approximate surface area is 130 Å². The highest BCUT2D eigenvalue weighted by atomic mass is 35.5. The number of halogens is 4. The van der Waals surface area contributed by atoms with Gasteiger partial charge in [-0.2, -0.15) is 0 Å². The lowest BCUT2D eigenvalue weighted by molar-refractivity contribution is 0.111. The van der Waals surface area contributed by atoms with Crippen molar-refractivity contribution in [3.63, 3.8) is 0 Å². The molecule has 0 radical (unpaired) electrons. The molecule has 20 heavy (non-hydrogen) atoms. The molecule has 2 rings (SSSR count). The van der Waals surface area contributed by atoms with Gasteiger partial charge in [0.25, 0.3) is 0 Å². The van der Waals surface area contributed by atoms with Crippen molar-refractivity contribution >= 4 is 41.1 Å². The van der Waals surface area contributed by atoms with Crippen LogP contribution in [0.4, 0.5) is 4.39 Å². The maximum absolute atomic E-state index is 13.3. The van der Waals surface area contributed by atoms with Gasteiger partial charge in [0.05, 0.1) is 15.6 Å². The summed E-state index contributed by atoms with van der Waals surface area (Å²) in [6.45, 7) is -0.0151. The molecule has 0 aliphatic rings. The molecule has 0 unspecified atom stereocenters. The van der Waals surface area contributed by atoms with Crippen LogP contribution in [-0.2, 0) is 6.61 Å². The molecule has 2 nitrogen and oxygen atoms in total. The Bertz CT molecular complexity index is 659. The molecular formula is C14H8Cl3FO2. The molecule has 0 saturated carbocycles. The Morgan fingerprint density at radius 1 is 1.20 bits per heavy atom. The molecule has 0 spiro atoms. The minimum Gasteiger partial charge on any atom is -0.487 e. The van der Waals surface area contributed by atoms with Crippen LogP contribution in [0.15, 0.2) is 30.3 Å². The van der Waals surface area contributed by atoms with E-state index in [0.29, 0.717) is 16.9 Å². The Morgan fingerprint density at radius 3 is 2.65 bits per heavy atom. The molecule has 0 aliphatic heterocycles. The Kier molecular flexibility index (Phi) is 4.86. The van der Waals surface area contributed by atoms with Crippen molar-refractivity contribution in [2.75, 3.05) is 0 Å². The van der Waals surface area contributed by atoms with Crippen molar-refractivity contribution in [3.05, 3.63) is 62.3 Å². The average molecular weight is 334 g/mol. The Morgan fingerprint density at radius 2 is 1.95 bits per heavy atom. The zero-order valence-electron chi connectivity index (χ0n) is 10.00. The van der Waals surface area contributed by atoms with Crippen LogP contribution in [-0.4, -0.2) is 6.29 Å². The first-order chi connectivity index (χ1) is 9.52. The van der Waals surface area contributed by atoms with E-state index in [9.17, 15) is 9.18 Å². The number of ether oxygens (including phenoxy) is 1. The van der Waals surface area contributed by atoms with E-state index in [4.69, 9.17) is 39.5 Å². The smallest absolute Gasteiger partial charge is 0.153 e. The van der Waals surface area contributed by atoms with Gasteiger partial charge in [0.2, 0.25) is 0 Å². The number of hydrogen-bond acceptors (Lipinski definition) is 2. The van der Waals surface area contributed by atoms with Crippen molar-refractivity contribution in [3.8, 4) is 5.75 Å². The Balaban J connectivity index is 2.27. The highest BCUT2D eigenvalue weighted by molar-refractivity contribution is 6.36. The predicted octanol–water partition coefficient (Wildman–Crippen LogP) is 5.18. The predicted molar refractivity (Wildman–Crippen MR) is 77.6 cm³/mol. The van der Waals surface area contributed by atoms with Gasteiger partial charge >= 0.3 is 0 Å². The lowest BCUT2D eigenvalue weighted by atomic mass is 10.2. The van der Waals surface area contributed by atoms with Crippen LogP contribution >= 0.6 is 34.8 Å². The highest BCUT2D eigenvalue weighted by Gasteiger charge is 2.12. The van der Waals surface area contributed by atoms with Crippen molar-refractivity contribution in [2.24, 2.45) is 0 Å². The third kappa shape index (κ3) is 3.23. The minimum absolute atomic E-state index is 0.0151. The fourth-order valence-electron chi connectivity index (χ4n) is 1.63. The van der Waals surface area contributed by atoms with E-state index >= 15 is 0 Å². The first-order valence-corrected chi connectivity index (χ1v) is 6.66. The number of carbonyl (C=O) groups excluding carboxylic acids is 1. The molecule has 2 aromatic rings. The summed E-state index contributed by atoms with van der Waals surface area (Å²) < 4.78 is 18.8. The van der Waals surface area contributed by atoms with Gasteiger partial charge in [-0.1, -0.05) is 46.9 Å². The van der Waals surface area contributed by atoms with E-state index in [1.54, 1.807) is 6.07 Å². The van der Waals surface area contributed by atoms with Gasteiger partial charge in [0, 0.05) is 10.6 Å². The summed E-state index contributed by atoms with van der Waals surface area (Å²) in [6, 6.07) is 7.28. The van der Waals surface area contributed by atoms with Gasteiger partial charge in [-0.05, 0) is 18.2 Å². The van der Waals surface area contributed by atoms with Crippen LogP contribution in [0.3, 0.4) is 0 Å². The summed E-state index contributed by atoms with van der Waals surface area (Å²) in [6.07, 6.45) is 0.584. The summed E-state index contributed by atoms with van der Waals surface area (Å²) in [4.78, 5) is 11.0. The molecule has 6 heteroatoms. The fourth-order valence-corrected chi connectivity index (χ4v) is 2.37. The first-order valence-electron chi connectivity index (χ1n) is 5.53. The molecule has 0 atom stereocenters. The van der Waals surface area contributed by atoms with E-state index in [2.05, 4.69) is 0 Å². The molecule has 0 N–H and O–H groups in total. The molecular weight excluding hydrogens is 326 g/mol. The summed E-state index contributed by atoms with van der Waals surface area (Å²) in [5, 5.41) is 0.505. The number of hydrogen-bond donors (Lipinski definition) is 0. The van der Waals surface area contributed by atoms with Gasteiger partial charge in [0.1, 0.15) is 18.2 Å². The largest absolute Gasteiger partial charge is 0.487 e. The van der Waals surface area contributed by atoms with Crippen molar-refractivity contribution in [1.29, 1.82) is 0 Å². The molecule has 0 aromatic heterocycles. The van der Waals surface area contributed by atoms with E-state index in [1.807, 2.05) is 0 Å². The van der Waals surface area contributed by atoms with E-state index in [1.165, 1.54) is 24.3 Å².